The van der Waals surface area contributed by atoms with E-state index in [0.29, 0.717) is 38.3 Å². The Balaban J connectivity index is 1.34. The van der Waals surface area contributed by atoms with Gasteiger partial charge in [0.15, 0.2) is 0 Å². The number of aryl methyl sites for hydroxylation is 1. The Morgan fingerprint density at radius 1 is 1.07 bits per heavy atom. The Morgan fingerprint density at radius 3 is 2.23 bits per heavy atom. The van der Waals surface area contributed by atoms with Gasteiger partial charge in [0.25, 0.3) is 0 Å². The van der Waals surface area contributed by atoms with E-state index in [9.17, 15) is 9.90 Å². The fourth-order valence-electron chi connectivity index (χ4n) is 4.35. The molecule has 1 aromatic heterocycles. The third-order valence-electron chi connectivity index (χ3n) is 5.96. The number of fused-ring (bicyclic) bond motifs is 2. The molecule has 1 amide bonds. The highest BCUT2D eigenvalue weighted by molar-refractivity contribution is 7.99. The second-order valence-corrected chi connectivity index (χ2v) is 9.02. The molecule has 3 aromatic rings. The molecule has 2 aliphatic heterocycles. The number of likely N-dealkylation sites (tertiary alicyclic amines) is 1. The van der Waals surface area contributed by atoms with E-state index in [1.54, 1.807) is 18.0 Å². The summed E-state index contributed by atoms with van der Waals surface area (Å²) < 4.78 is 1.88. The number of aromatic nitrogens is 2. The van der Waals surface area contributed by atoms with E-state index in [1.165, 1.54) is 0 Å². The highest BCUT2D eigenvalue weighted by Gasteiger charge is 2.38. The maximum absolute atomic E-state index is 13.4. The third-order valence-corrected chi connectivity index (χ3v) is 7.09. The summed E-state index contributed by atoms with van der Waals surface area (Å²) in [5.41, 5.74) is 0.944. The molecule has 2 aliphatic rings. The molecule has 0 radical (unpaired) electrons. The molecule has 0 spiro atoms. The molecule has 3 heterocycles. The summed E-state index contributed by atoms with van der Waals surface area (Å²) in [4.78, 5) is 23.9. The number of aliphatic hydroxyl groups is 1. The first-order valence-electron chi connectivity index (χ1n) is 10.2. The quantitative estimate of drug-likeness (QED) is 0.702. The SMILES string of the molecule is Cn1ccnc1C1(O)CCN(CC(=O)N2c3ccccc3Sc3ccccc32)CC1. The number of imidazole rings is 1. The van der Waals surface area contributed by atoms with Crippen LogP contribution < -0.4 is 4.90 Å². The summed E-state index contributed by atoms with van der Waals surface area (Å²) in [5, 5.41) is 11.1. The molecular formula is C23H24N4O2S. The van der Waals surface area contributed by atoms with E-state index in [0.717, 1.165) is 21.2 Å². The first-order chi connectivity index (χ1) is 14.5. The lowest BCUT2D eigenvalue weighted by Gasteiger charge is -2.38. The fraction of sp³-hybridized carbons (Fsp3) is 0.304. The van der Waals surface area contributed by atoms with Gasteiger partial charge >= 0.3 is 0 Å². The van der Waals surface area contributed by atoms with Crippen LogP contribution in [0, 0.1) is 0 Å². The number of para-hydroxylation sites is 2. The molecule has 1 saturated heterocycles. The molecule has 0 aliphatic carbocycles. The largest absolute Gasteiger partial charge is 0.382 e. The van der Waals surface area contributed by atoms with Crippen LogP contribution in [0.3, 0.4) is 0 Å². The van der Waals surface area contributed by atoms with Crippen molar-refractivity contribution in [2.45, 2.75) is 28.2 Å². The van der Waals surface area contributed by atoms with Crippen LogP contribution in [-0.2, 0) is 17.4 Å². The number of nitrogens with zero attached hydrogens (tertiary/aromatic N) is 4. The number of amides is 1. The minimum Gasteiger partial charge on any atom is -0.382 e. The predicted molar refractivity (Wildman–Crippen MR) is 117 cm³/mol. The van der Waals surface area contributed by atoms with Crippen molar-refractivity contribution in [3.8, 4) is 0 Å². The van der Waals surface area contributed by atoms with Gasteiger partial charge in [0.05, 0.1) is 17.9 Å². The number of carbonyl (C=O) groups is 1. The molecule has 1 N–H and O–H groups in total. The Kier molecular flexibility index (Phi) is 4.89. The second-order valence-electron chi connectivity index (χ2n) is 7.94. The average Bonchev–Trinajstić information content (AvgIpc) is 3.20. The number of hydrogen-bond acceptors (Lipinski definition) is 5. The van der Waals surface area contributed by atoms with Crippen molar-refractivity contribution in [3.63, 3.8) is 0 Å². The maximum Gasteiger partial charge on any atom is 0.245 e. The molecule has 2 aromatic carbocycles. The van der Waals surface area contributed by atoms with Crippen LogP contribution >= 0.6 is 11.8 Å². The van der Waals surface area contributed by atoms with E-state index >= 15 is 0 Å². The van der Waals surface area contributed by atoms with Crippen molar-refractivity contribution in [2.75, 3.05) is 24.5 Å². The van der Waals surface area contributed by atoms with Gasteiger partial charge in [-0.05, 0) is 37.1 Å². The second kappa shape index (κ2) is 7.58. The van der Waals surface area contributed by atoms with Crippen molar-refractivity contribution >= 4 is 29.0 Å². The lowest BCUT2D eigenvalue weighted by Crippen LogP contribution is -2.47. The zero-order valence-corrected chi connectivity index (χ0v) is 17.7. The third kappa shape index (κ3) is 3.33. The summed E-state index contributed by atoms with van der Waals surface area (Å²) >= 11 is 1.70. The van der Waals surface area contributed by atoms with E-state index in [2.05, 4.69) is 22.0 Å². The van der Waals surface area contributed by atoms with Crippen LogP contribution in [0.4, 0.5) is 11.4 Å². The topological polar surface area (TPSA) is 61.6 Å². The summed E-state index contributed by atoms with van der Waals surface area (Å²) in [6, 6.07) is 16.1. The predicted octanol–water partition coefficient (Wildman–Crippen LogP) is 3.53. The summed E-state index contributed by atoms with van der Waals surface area (Å²) in [6.45, 7) is 1.63. The molecule has 0 bridgehead atoms. The van der Waals surface area contributed by atoms with Gasteiger partial charge in [-0.25, -0.2) is 4.98 Å². The average molecular weight is 421 g/mol. The van der Waals surface area contributed by atoms with E-state index in [4.69, 9.17) is 0 Å². The molecule has 0 unspecified atom stereocenters. The van der Waals surface area contributed by atoms with Gasteiger partial charge in [-0.15, -0.1) is 0 Å². The van der Waals surface area contributed by atoms with E-state index in [1.807, 2.05) is 59.1 Å². The highest BCUT2D eigenvalue weighted by atomic mass is 32.2. The van der Waals surface area contributed by atoms with Gasteiger partial charge in [-0.3, -0.25) is 14.6 Å². The molecule has 154 valence electrons. The van der Waals surface area contributed by atoms with Crippen molar-refractivity contribution < 1.29 is 9.90 Å². The van der Waals surface area contributed by atoms with Gasteiger partial charge in [0, 0.05) is 42.3 Å². The smallest absolute Gasteiger partial charge is 0.245 e. The number of hydrogen-bond donors (Lipinski definition) is 1. The lowest BCUT2D eigenvalue weighted by molar-refractivity contribution is -0.120. The zero-order valence-electron chi connectivity index (χ0n) is 16.9. The zero-order chi connectivity index (χ0) is 20.7. The van der Waals surface area contributed by atoms with Gasteiger partial charge in [-0.2, -0.15) is 0 Å². The fourth-order valence-corrected chi connectivity index (χ4v) is 5.41. The Labute approximate surface area is 180 Å². The standard InChI is InChI=1S/C23H24N4O2S/c1-25-15-12-24-22(25)23(29)10-13-26(14-11-23)16-21(28)27-17-6-2-4-8-19(17)30-20-9-5-3-7-18(20)27/h2-9,12,15,29H,10-11,13-14,16H2,1H3. The summed E-state index contributed by atoms with van der Waals surface area (Å²) in [5.74, 6) is 0.752. The number of rotatable bonds is 3. The molecular weight excluding hydrogens is 396 g/mol. The molecule has 1 fully saturated rings. The van der Waals surface area contributed by atoms with Gasteiger partial charge in [0.1, 0.15) is 11.4 Å². The summed E-state index contributed by atoms with van der Waals surface area (Å²) in [6.07, 6.45) is 4.70. The van der Waals surface area contributed by atoms with Crippen LogP contribution in [0.1, 0.15) is 18.7 Å². The van der Waals surface area contributed by atoms with Crippen LogP contribution in [0.2, 0.25) is 0 Å². The number of benzene rings is 2. The molecule has 5 rings (SSSR count). The molecule has 0 atom stereocenters. The van der Waals surface area contributed by atoms with Gasteiger partial charge < -0.3 is 9.67 Å². The molecule has 0 saturated carbocycles. The lowest BCUT2D eigenvalue weighted by atomic mass is 9.90. The molecule has 7 heteroatoms. The number of carbonyl (C=O) groups excluding carboxylic acids is 1. The highest BCUT2D eigenvalue weighted by Crippen LogP contribution is 2.48. The van der Waals surface area contributed by atoms with Crippen molar-refractivity contribution in [1.29, 1.82) is 0 Å². The maximum atomic E-state index is 13.4. The minimum atomic E-state index is -0.932. The number of piperidine rings is 1. The van der Waals surface area contributed by atoms with E-state index in [-0.39, 0.29) is 5.91 Å². The Hall–Kier alpha value is -2.61. The first kappa shape index (κ1) is 19.4. The van der Waals surface area contributed by atoms with Crippen LogP contribution in [0.25, 0.3) is 0 Å². The Morgan fingerprint density at radius 2 is 1.67 bits per heavy atom. The van der Waals surface area contributed by atoms with Crippen molar-refractivity contribution in [3.05, 3.63) is 66.7 Å². The van der Waals surface area contributed by atoms with Crippen molar-refractivity contribution in [2.24, 2.45) is 7.05 Å². The minimum absolute atomic E-state index is 0.0534. The molecule has 6 nitrogen and oxygen atoms in total. The van der Waals surface area contributed by atoms with Crippen molar-refractivity contribution in [1.82, 2.24) is 14.5 Å². The molecule has 30 heavy (non-hydrogen) atoms. The number of anilines is 2. The Bertz CT molecular complexity index is 1040. The first-order valence-corrected chi connectivity index (χ1v) is 11.0. The normalized spacial score (nSPS) is 18.0. The van der Waals surface area contributed by atoms with Gasteiger partial charge in [0.2, 0.25) is 5.91 Å². The van der Waals surface area contributed by atoms with Gasteiger partial charge in [-0.1, -0.05) is 36.0 Å². The summed E-state index contributed by atoms with van der Waals surface area (Å²) in [7, 11) is 1.90. The van der Waals surface area contributed by atoms with Crippen LogP contribution in [0.15, 0.2) is 70.7 Å². The monoisotopic (exact) mass is 420 g/mol. The van der Waals surface area contributed by atoms with Crippen LogP contribution in [-0.4, -0.2) is 45.1 Å². The van der Waals surface area contributed by atoms with E-state index < -0.39 is 5.60 Å². The van der Waals surface area contributed by atoms with Crippen LogP contribution in [0.5, 0.6) is 0 Å².